The van der Waals surface area contributed by atoms with Crippen molar-refractivity contribution in [3.8, 4) is 6.07 Å². The summed E-state index contributed by atoms with van der Waals surface area (Å²) in [4.78, 5) is 33.1. The lowest BCUT2D eigenvalue weighted by Gasteiger charge is -2.45. The van der Waals surface area contributed by atoms with Crippen LogP contribution in [0.3, 0.4) is 0 Å². The summed E-state index contributed by atoms with van der Waals surface area (Å²) in [6, 6.07) is 2.26. The minimum Gasteiger partial charge on any atom is -0.389 e. The van der Waals surface area contributed by atoms with Crippen LogP contribution in [0.4, 0.5) is 9.80 Å². The van der Waals surface area contributed by atoms with Crippen molar-refractivity contribution in [2.45, 2.75) is 51.6 Å². The number of fused-ring (bicyclic) bond motifs is 2. The lowest BCUT2D eigenvalue weighted by atomic mass is 9.74. The predicted molar refractivity (Wildman–Crippen MR) is 127 cm³/mol. The first-order chi connectivity index (χ1) is 15.0. The molecular formula is C23H36N6O2S. The molecule has 3 rings (SSSR count). The number of rotatable bonds is 5. The fraction of sp³-hybridized carbons (Fsp3) is 0.696. The summed E-state index contributed by atoms with van der Waals surface area (Å²) in [6.07, 6.45) is 2.35. The van der Waals surface area contributed by atoms with Crippen LogP contribution in [0.15, 0.2) is 0 Å². The van der Waals surface area contributed by atoms with Gasteiger partial charge in [0.25, 0.3) is 0 Å². The Morgan fingerprint density at radius 1 is 1.34 bits per heavy atom. The van der Waals surface area contributed by atoms with Crippen LogP contribution in [0.25, 0.3) is 0 Å². The van der Waals surface area contributed by atoms with Gasteiger partial charge in [0.2, 0.25) is 5.91 Å². The first kappa shape index (κ1) is 24.5. The van der Waals surface area contributed by atoms with Crippen molar-refractivity contribution in [1.29, 1.82) is 5.26 Å². The van der Waals surface area contributed by atoms with Crippen molar-refractivity contribution < 1.29 is 9.59 Å². The highest BCUT2D eigenvalue weighted by Crippen LogP contribution is 2.42. The summed E-state index contributed by atoms with van der Waals surface area (Å²) < 4.78 is 0. The molecule has 1 saturated heterocycles. The molecule has 8 nitrogen and oxygen atoms in total. The normalized spacial score (nSPS) is 23.2. The maximum atomic E-state index is 13.4. The van der Waals surface area contributed by atoms with E-state index in [9.17, 15) is 14.9 Å². The Bertz CT molecular complexity index is 918. The van der Waals surface area contributed by atoms with Crippen LogP contribution < -0.4 is 11.1 Å². The van der Waals surface area contributed by atoms with Crippen LogP contribution in [0, 0.1) is 23.2 Å². The number of carbonyl (C=O) groups excluding carboxylic acids is 2. The van der Waals surface area contributed by atoms with Crippen molar-refractivity contribution in [3.63, 3.8) is 0 Å². The molecule has 1 aromatic rings. The minimum atomic E-state index is -0.333. The Balaban J connectivity index is 1.71. The van der Waals surface area contributed by atoms with E-state index in [1.54, 1.807) is 0 Å². The number of hydrogen-bond donors (Lipinski definition) is 2. The summed E-state index contributed by atoms with van der Waals surface area (Å²) in [5, 5.41) is 13.1. The Labute approximate surface area is 195 Å². The van der Waals surface area contributed by atoms with Gasteiger partial charge in [-0.3, -0.25) is 9.69 Å². The van der Waals surface area contributed by atoms with Crippen molar-refractivity contribution in [1.82, 2.24) is 20.0 Å². The molecule has 0 aromatic carbocycles. The average molecular weight is 461 g/mol. The quantitative estimate of drug-likeness (QED) is 0.697. The third kappa shape index (κ3) is 4.63. The Hall–Kier alpha value is -2.15. The molecule has 3 N–H and O–H groups in total. The number of amides is 3. The van der Waals surface area contributed by atoms with E-state index in [0.717, 1.165) is 24.8 Å². The fourth-order valence-electron chi connectivity index (χ4n) is 4.82. The molecule has 1 aromatic heterocycles. The zero-order chi connectivity index (χ0) is 23.8. The SMILES string of the molecule is CCN(C(=O)NCC(C)(C)N(C)C)C(=O)[C@@H]1C[C@@H]2Cc3c(sc(N)c3C#N)C[C@H]2N(C)C1. The monoisotopic (exact) mass is 460 g/mol. The van der Waals surface area contributed by atoms with E-state index in [1.165, 1.54) is 21.1 Å². The third-order valence-corrected chi connectivity index (χ3v) is 8.44. The number of nitrogens with zero attached hydrogens (tertiary/aromatic N) is 4. The van der Waals surface area contributed by atoms with E-state index >= 15 is 0 Å². The van der Waals surface area contributed by atoms with Gasteiger partial charge in [-0.2, -0.15) is 5.26 Å². The molecule has 3 atom stereocenters. The van der Waals surface area contributed by atoms with E-state index < -0.39 is 0 Å². The molecule has 0 saturated carbocycles. The van der Waals surface area contributed by atoms with Gasteiger partial charge in [-0.1, -0.05) is 0 Å². The summed E-state index contributed by atoms with van der Waals surface area (Å²) in [5.74, 6) is -0.0864. The first-order valence-corrected chi connectivity index (χ1v) is 12.1. The lowest BCUT2D eigenvalue weighted by Crippen LogP contribution is -2.56. The molecule has 0 unspecified atom stereocenters. The number of nitrogens with two attached hydrogens (primary N) is 1. The van der Waals surface area contributed by atoms with Crippen LogP contribution in [0.2, 0.25) is 0 Å². The van der Waals surface area contributed by atoms with Gasteiger partial charge in [0.05, 0.1) is 11.5 Å². The van der Waals surface area contributed by atoms with Gasteiger partial charge in [0, 0.05) is 36.1 Å². The summed E-state index contributed by atoms with van der Waals surface area (Å²) in [5.41, 5.74) is 7.54. The maximum Gasteiger partial charge on any atom is 0.324 e. The minimum absolute atomic E-state index is 0.117. The van der Waals surface area contributed by atoms with Crippen LogP contribution in [-0.2, 0) is 17.6 Å². The molecule has 32 heavy (non-hydrogen) atoms. The number of piperidine rings is 1. The molecule has 1 fully saturated rings. The van der Waals surface area contributed by atoms with E-state index in [0.29, 0.717) is 36.2 Å². The van der Waals surface area contributed by atoms with E-state index in [1.807, 2.05) is 39.8 Å². The number of carbonyl (C=O) groups is 2. The molecule has 0 spiro atoms. The van der Waals surface area contributed by atoms with Crippen molar-refractivity contribution >= 4 is 28.3 Å². The van der Waals surface area contributed by atoms with Crippen LogP contribution in [0.5, 0.6) is 0 Å². The second kappa shape index (κ2) is 9.38. The number of anilines is 1. The van der Waals surface area contributed by atoms with E-state index in [4.69, 9.17) is 5.73 Å². The van der Waals surface area contributed by atoms with Crippen molar-refractivity contribution in [2.75, 3.05) is 46.5 Å². The van der Waals surface area contributed by atoms with E-state index in [-0.39, 0.29) is 29.3 Å². The summed E-state index contributed by atoms with van der Waals surface area (Å²) >= 11 is 1.53. The third-order valence-electron chi connectivity index (χ3n) is 7.36. The van der Waals surface area contributed by atoms with Crippen LogP contribution >= 0.6 is 11.3 Å². The summed E-state index contributed by atoms with van der Waals surface area (Å²) in [6.45, 7) is 7.36. The smallest absolute Gasteiger partial charge is 0.324 e. The predicted octanol–water partition coefficient (Wildman–Crippen LogP) is 2.14. The molecule has 1 aliphatic heterocycles. The highest BCUT2D eigenvalue weighted by atomic mass is 32.1. The van der Waals surface area contributed by atoms with Gasteiger partial charge in [-0.25, -0.2) is 4.79 Å². The number of nitrogens with one attached hydrogen (secondary N) is 1. The largest absolute Gasteiger partial charge is 0.389 e. The Morgan fingerprint density at radius 2 is 2.03 bits per heavy atom. The number of nitrogen functional groups attached to an aromatic ring is 1. The zero-order valence-electron chi connectivity index (χ0n) is 20.1. The standard InChI is InChI=1S/C23H36N6O2S/c1-7-29(22(31)26-13-23(2,3)27(4)5)21(30)15-8-14-9-16-17(11-24)20(25)32-19(16)10-18(14)28(6)12-15/h14-15,18H,7-10,12-13,25H2,1-6H3,(H,26,31)/t14-,15-,18-/m1/s1. The number of likely N-dealkylation sites (N-methyl/N-ethyl adjacent to an activating group) is 2. The highest BCUT2D eigenvalue weighted by Gasteiger charge is 2.43. The number of nitriles is 1. The van der Waals surface area contributed by atoms with Gasteiger partial charge >= 0.3 is 6.03 Å². The second-order valence-electron chi connectivity index (χ2n) is 9.91. The van der Waals surface area contributed by atoms with E-state index in [2.05, 4.69) is 23.3 Å². The molecule has 176 valence electrons. The first-order valence-electron chi connectivity index (χ1n) is 11.3. The van der Waals surface area contributed by atoms with Crippen molar-refractivity contribution in [3.05, 3.63) is 16.0 Å². The number of thiophene rings is 1. The van der Waals surface area contributed by atoms with Gasteiger partial charge in [-0.05, 0) is 72.7 Å². The number of urea groups is 1. The zero-order valence-corrected chi connectivity index (χ0v) is 20.9. The molecule has 0 bridgehead atoms. The fourth-order valence-corrected chi connectivity index (χ4v) is 5.91. The van der Waals surface area contributed by atoms with Crippen LogP contribution in [-0.4, -0.2) is 79.0 Å². The van der Waals surface area contributed by atoms with Gasteiger partial charge in [0.1, 0.15) is 11.1 Å². The van der Waals surface area contributed by atoms with Gasteiger partial charge < -0.3 is 20.9 Å². The number of imide groups is 1. The van der Waals surface area contributed by atoms with Crippen molar-refractivity contribution in [2.24, 2.45) is 11.8 Å². The van der Waals surface area contributed by atoms with Crippen LogP contribution in [0.1, 0.15) is 43.2 Å². The average Bonchev–Trinajstić information content (AvgIpc) is 3.05. The molecular weight excluding hydrogens is 424 g/mol. The lowest BCUT2D eigenvalue weighted by molar-refractivity contribution is -0.135. The maximum absolute atomic E-state index is 13.4. The van der Waals surface area contributed by atoms with Gasteiger partial charge in [-0.15, -0.1) is 11.3 Å². The molecule has 0 radical (unpaired) electrons. The molecule has 1 aliphatic carbocycles. The number of hydrogen-bond acceptors (Lipinski definition) is 7. The molecule has 9 heteroatoms. The molecule has 2 aliphatic rings. The molecule has 2 heterocycles. The summed E-state index contributed by atoms with van der Waals surface area (Å²) in [7, 11) is 6.00. The topological polar surface area (TPSA) is 106 Å². The Morgan fingerprint density at radius 3 is 2.62 bits per heavy atom. The highest BCUT2D eigenvalue weighted by molar-refractivity contribution is 7.16. The number of likely N-dealkylation sites (tertiary alicyclic amines) is 1. The Kier molecular flexibility index (Phi) is 7.18. The van der Waals surface area contributed by atoms with Gasteiger partial charge in [0.15, 0.2) is 0 Å². The molecule has 3 amide bonds. The second-order valence-corrected chi connectivity index (χ2v) is 11.0.